The molecule has 8 nitrogen and oxygen atoms in total. The SMILES string of the molecule is COc1ccc(CN2C(=O)c3cc(-c4ccccc4)nn3C(=O)C2(C)C(=O)N(C)Cc2ccccc2)cc1. The molecule has 0 saturated heterocycles. The van der Waals surface area contributed by atoms with Crippen LogP contribution in [0.15, 0.2) is 91.0 Å². The molecule has 1 aromatic heterocycles. The summed E-state index contributed by atoms with van der Waals surface area (Å²) in [6.07, 6.45) is 0. The lowest BCUT2D eigenvalue weighted by Crippen LogP contribution is -2.67. The standard InChI is InChI=1S/C30H28N4O4/c1-30(28(36)32(2)19-21-10-6-4-7-11-21)29(37)34-26(18-25(31-34)23-12-8-5-9-13-23)27(35)33(30)20-22-14-16-24(38-3)17-15-22/h4-18H,19-20H2,1-3H3. The minimum Gasteiger partial charge on any atom is -0.497 e. The van der Waals surface area contributed by atoms with Gasteiger partial charge in [0.25, 0.3) is 17.7 Å². The number of methoxy groups -OCH3 is 1. The minimum absolute atomic E-state index is 0.0574. The second kappa shape index (κ2) is 9.97. The van der Waals surface area contributed by atoms with E-state index in [9.17, 15) is 14.4 Å². The molecule has 0 spiro atoms. The van der Waals surface area contributed by atoms with E-state index in [-0.39, 0.29) is 18.8 Å². The Labute approximate surface area is 221 Å². The highest BCUT2D eigenvalue weighted by Gasteiger charge is 2.55. The molecule has 1 atom stereocenters. The Morgan fingerprint density at radius 1 is 0.921 bits per heavy atom. The first kappa shape index (κ1) is 25.0. The molecular formula is C30H28N4O4. The number of rotatable bonds is 7. The van der Waals surface area contributed by atoms with Crippen LogP contribution in [0.5, 0.6) is 5.75 Å². The van der Waals surface area contributed by atoms with Crippen LogP contribution in [0.3, 0.4) is 0 Å². The van der Waals surface area contributed by atoms with Crippen molar-refractivity contribution in [1.29, 1.82) is 0 Å². The molecule has 192 valence electrons. The van der Waals surface area contributed by atoms with Crippen LogP contribution in [0.2, 0.25) is 0 Å². The number of carbonyl (C=O) groups is 3. The third kappa shape index (κ3) is 4.34. The molecule has 0 N–H and O–H groups in total. The van der Waals surface area contributed by atoms with Crippen LogP contribution >= 0.6 is 0 Å². The zero-order valence-corrected chi connectivity index (χ0v) is 21.5. The summed E-state index contributed by atoms with van der Waals surface area (Å²) in [5.41, 5.74) is 1.24. The lowest BCUT2D eigenvalue weighted by molar-refractivity contribution is -0.139. The fraction of sp³-hybridized carbons (Fsp3) is 0.200. The van der Waals surface area contributed by atoms with Gasteiger partial charge >= 0.3 is 0 Å². The molecule has 0 fully saturated rings. The van der Waals surface area contributed by atoms with Crippen LogP contribution in [-0.2, 0) is 17.9 Å². The van der Waals surface area contributed by atoms with E-state index in [1.54, 1.807) is 32.4 Å². The summed E-state index contributed by atoms with van der Waals surface area (Å²) in [4.78, 5) is 44.9. The van der Waals surface area contributed by atoms with Crippen molar-refractivity contribution in [3.8, 4) is 17.0 Å². The van der Waals surface area contributed by atoms with Crippen molar-refractivity contribution in [3.05, 3.63) is 108 Å². The maximum absolute atomic E-state index is 14.1. The van der Waals surface area contributed by atoms with Gasteiger partial charge in [-0.25, -0.2) is 0 Å². The van der Waals surface area contributed by atoms with Crippen molar-refractivity contribution < 1.29 is 19.1 Å². The van der Waals surface area contributed by atoms with Gasteiger partial charge in [-0.2, -0.15) is 9.78 Å². The van der Waals surface area contributed by atoms with Gasteiger partial charge in [-0.3, -0.25) is 14.4 Å². The van der Waals surface area contributed by atoms with E-state index in [0.29, 0.717) is 11.4 Å². The first-order valence-corrected chi connectivity index (χ1v) is 12.3. The topological polar surface area (TPSA) is 84.7 Å². The first-order valence-electron chi connectivity index (χ1n) is 12.3. The smallest absolute Gasteiger partial charge is 0.283 e. The molecule has 0 aliphatic carbocycles. The lowest BCUT2D eigenvalue weighted by Gasteiger charge is -2.43. The van der Waals surface area contributed by atoms with Crippen molar-refractivity contribution in [2.45, 2.75) is 25.6 Å². The van der Waals surface area contributed by atoms with Crippen LogP contribution < -0.4 is 4.74 Å². The summed E-state index contributed by atoms with van der Waals surface area (Å²) in [6.45, 7) is 1.85. The summed E-state index contributed by atoms with van der Waals surface area (Å²) in [6, 6.07) is 27.6. The normalized spacial score (nSPS) is 16.8. The molecule has 4 aromatic rings. The Balaban J connectivity index is 1.57. The van der Waals surface area contributed by atoms with E-state index in [1.165, 1.54) is 16.7 Å². The van der Waals surface area contributed by atoms with Crippen molar-refractivity contribution in [1.82, 2.24) is 19.6 Å². The van der Waals surface area contributed by atoms with Crippen LogP contribution in [0.4, 0.5) is 0 Å². The number of carbonyl (C=O) groups excluding carboxylic acids is 3. The number of ether oxygens (including phenoxy) is 1. The second-order valence-corrected chi connectivity index (χ2v) is 9.46. The maximum Gasteiger partial charge on any atom is 0.283 e. The number of hydrogen-bond donors (Lipinski definition) is 0. The highest BCUT2D eigenvalue weighted by Crippen LogP contribution is 2.33. The number of hydrogen-bond acceptors (Lipinski definition) is 5. The van der Waals surface area contributed by atoms with Gasteiger partial charge in [-0.15, -0.1) is 0 Å². The zero-order chi connectivity index (χ0) is 26.9. The quantitative estimate of drug-likeness (QED) is 0.348. The van der Waals surface area contributed by atoms with Gasteiger partial charge in [0.2, 0.25) is 5.54 Å². The third-order valence-electron chi connectivity index (χ3n) is 6.92. The Hall–Kier alpha value is -4.72. The van der Waals surface area contributed by atoms with E-state index >= 15 is 0 Å². The fourth-order valence-electron chi connectivity index (χ4n) is 4.75. The molecule has 2 heterocycles. The Morgan fingerprint density at radius 2 is 1.55 bits per heavy atom. The summed E-state index contributed by atoms with van der Waals surface area (Å²) in [7, 11) is 3.21. The maximum atomic E-state index is 14.1. The lowest BCUT2D eigenvalue weighted by atomic mass is 9.92. The van der Waals surface area contributed by atoms with E-state index in [2.05, 4.69) is 5.10 Å². The highest BCUT2D eigenvalue weighted by molar-refractivity contribution is 6.17. The molecule has 0 bridgehead atoms. The highest BCUT2D eigenvalue weighted by atomic mass is 16.5. The first-order chi connectivity index (χ1) is 18.3. The number of aromatic nitrogens is 2. The van der Waals surface area contributed by atoms with Crippen molar-refractivity contribution in [2.75, 3.05) is 14.2 Å². The summed E-state index contributed by atoms with van der Waals surface area (Å²) >= 11 is 0. The van der Waals surface area contributed by atoms with Crippen LogP contribution in [0, 0.1) is 0 Å². The Kier molecular flexibility index (Phi) is 6.55. The summed E-state index contributed by atoms with van der Waals surface area (Å²) < 4.78 is 6.34. The fourth-order valence-corrected chi connectivity index (χ4v) is 4.75. The van der Waals surface area contributed by atoms with Gasteiger partial charge in [0.1, 0.15) is 11.4 Å². The Morgan fingerprint density at radius 3 is 2.18 bits per heavy atom. The number of nitrogens with zero attached hydrogens (tertiary/aromatic N) is 4. The van der Waals surface area contributed by atoms with Crippen molar-refractivity contribution >= 4 is 17.7 Å². The third-order valence-corrected chi connectivity index (χ3v) is 6.92. The number of likely N-dealkylation sites (N-methyl/N-ethyl adjacent to an activating group) is 1. The summed E-state index contributed by atoms with van der Waals surface area (Å²) in [5.74, 6) is -0.843. The molecule has 1 aliphatic heterocycles. The molecule has 1 unspecified atom stereocenters. The monoisotopic (exact) mass is 508 g/mol. The van der Waals surface area contributed by atoms with E-state index < -0.39 is 23.3 Å². The second-order valence-electron chi connectivity index (χ2n) is 9.46. The molecular weight excluding hydrogens is 480 g/mol. The molecule has 0 saturated carbocycles. The van der Waals surface area contributed by atoms with Gasteiger partial charge in [0.05, 0.1) is 12.8 Å². The van der Waals surface area contributed by atoms with Crippen LogP contribution in [0.1, 0.15) is 33.3 Å². The number of amides is 2. The van der Waals surface area contributed by atoms with E-state index in [0.717, 1.165) is 21.4 Å². The predicted molar refractivity (Wildman–Crippen MR) is 142 cm³/mol. The van der Waals surface area contributed by atoms with Gasteiger partial charge in [0.15, 0.2) is 0 Å². The summed E-state index contributed by atoms with van der Waals surface area (Å²) in [5, 5.41) is 4.47. The molecule has 0 radical (unpaired) electrons. The molecule has 38 heavy (non-hydrogen) atoms. The molecule has 8 heteroatoms. The number of fused-ring (bicyclic) bond motifs is 1. The average molecular weight is 509 g/mol. The van der Waals surface area contributed by atoms with Gasteiger partial charge < -0.3 is 14.5 Å². The predicted octanol–water partition coefficient (Wildman–Crippen LogP) is 4.27. The minimum atomic E-state index is -1.81. The molecule has 5 rings (SSSR count). The average Bonchev–Trinajstić information content (AvgIpc) is 3.41. The van der Waals surface area contributed by atoms with Crippen molar-refractivity contribution in [3.63, 3.8) is 0 Å². The van der Waals surface area contributed by atoms with E-state index in [4.69, 9.17) is 4.74 Å². The van der Waals surface area contributed by atoms with Crippen LogP contribution in [0.25, 0.3) is 11.3 Å². The van der Waals surface area contributed by atoms with Crippen LogP contribution in [-0.4, -0.2) is 57.0 Å². The van der Waals surface area contributed by atoms with Gasteiger partial charge in [0, 0.05) is 25.7 Å². The Bertz CT molecular complexity index is 1480. The molecule has 3 aromatic carbocycles. The number of benzene rings is 3. The van der Waals surface area contributed by atoms with E-state index in [1.807, 2.05) is 72.8 Å². The zero-order valence-electron chi connectivity index (χ0n) is 21.5. The molecule has 1 aliphatic rings. The van der Waals surface area contributed by atoms with Gasteiger partial charge in [-0.1, -0.05) is 72.8 Å². The van der Waals surface area contributed by atoms with Crippen molar-refractivity contribution in [2.24, 2.45) is 0 Å². The van der Waals surface area contributed by atoms with Gasteiger partial charge in [-0.05, 0) is 36.2 Å². The molecule has 2 amide bonds. The largest absolute Gasteiger partial charge is 0.497 e.